The van der Waals surface area contributed by atoms with Crippen molar-refractivity contribution >= 4 is 33.7 Å². The van der Waals surface area contributed by atoms with Gasteiger partial charge in [0.2, 0.25) is 0 Å². The number of aromatic nitrogens is 2. The lowest BCUT2D eigenvalue weighted by Gasteiger charge is -2.24. The van der Waals surface area contributed by atoms with Crippen LogP contribution in [0.2, 0.25) is 5.15 Å². The van der Waals surface area contributed by atoms with Crippen molar-refractivity contribution in [1.82, 2.24) is 15.1 Å². The van der Waals surface area contributed by atoms with Crippen molar-refractivity contribution in [3.8, 4) is 0 Å². The van der Waals surface area contributed by atoms with Crippen LogP contribution in [0, 0.1) is 0 Å². The van der Waals surface area contributed by atoms with Gasteiger partial charge in [0.25, 0.3) is 5.56 Å². The molecule has 0 unspecified atom stereocenters. The van der Waals surface area contributed by atoms with Gasteiger partial charge >= 0.3 is 0 Å². The summed E-state index contributed by atoms with van der Waals surface area (Å²) in [5, 5.41) is 11.3. The van der Waals surface area contributed by atoms with E-state index in [1.165, 1.54) is 5.69 Å². The van der Waals surface area contributed by atoms with E-state index in [1.807, 2.05) is 18.2 Å². The lowest BCUT2D eigenvalue weighted by Crippen LogP contribution is -2.29. The van der Waals surface area contributed by atoms with Gasteiger partial charge in [-0.3, -0.25) is 4.79 Å². The molecule has 1 heterocycles. The molecule has 0 bridgehead atoms. The van der Waals surface area contributed by atoms with Gasteiger partial charge < -0.3 is 15.1 Å². The third-order valence-electron chi connectivity index (χ3n) is 4.73. The van der Waals surface area contributed by atoms with Crippen LogP contribution in [0.4, 0.5) is 11.4 Å². The van der Waals surface area contributed by atoms with Crippen molar-refractivity contribution in [3.63, 3.8) is 0 Å². The Kier molecular flexibility index (Phi) is 6.54. The van der Waals surface area contributed by atoms with Crippen LogP contribution in [-0.2, 0) is 6.42 Å². The molecule has 28 heavy (non-hydrogen) atoms. The summed E-state index contributed by atoms with van der Waals surface area (Å²) >= 11 is 6.13. The molecule has 0 aliphatic carbocycles. The highest BCUT2D eigenvalue weighted by atomic mass is 35.5. The fraction of sp³-hybridized carbons (Fsp3) is 0.333. The Morgan fingerprint density at radius 1 is 1.07 bits per heavy atom. The number of anilines is 2. The third-order valence-corrected chi connectivity index (χ3v) is 5.02. The van der Waals surface area contributed by atoms with Crippen molar-refractivity contribution in [3.05, 3.63) is 63.5 Å². The summed E-state index contributed by atoms with van der Waals surface area (Å²) in [5.74, 6) is 0. The van der Waals surface area contributed by atoms with Crippen LogP contribution in [0.15, 0.2) is 47.3 Å². The molecule has 0 fully saturated rings. The van der Waals surface area contributed by atoms with E-state index in [9.17, 15) is 4.79 Å². The molecule has 0 amide bonds. The lowest BCUT2D eigenvalue weighted by molar-refractivity contribution is 0.416. The van der Waals surface area contributed by atoms with Crippen molar-refractivity contribution in [2.24, 2.45) is 0 Å². The molecular formula is C21H26ClN5O. The number of halogens is 1. The zero-order valence-corrected chi connectivity index (χ0v) is 17.3. The number of rotatable bonds is 8. The van der Waals surface area contributed by atoms with Gasteiger partial charge in [-0.15, -0.1) is 0 Å². The normalized spacial score (nSPS) is 11.2. The van der Waals surface area contributed by atoms with Gasteiger partial charge in [-0.05, 0) is 50.3 Å². The molecule has 2 N–H and O–H groups in total. The summed E-state index contributed by atoms with van der Waals surface area (Å²) in [6.45, 7) is 2.73. The maximum atomic E-state index is 11.8. The first kappa shape index (κ1) is 20.2. The van der Waals surface area contributed by atoms with Crippen LogP contribution in [0.1, 0.15) is 5.56 Å². The number of fused-ring (bicyclic) bond motifs is 1. The number of nitrogens with zero attached hydrogens (tertiary/aromatic N) is 3. The Hall–Kier alpha value is -2.57. The molecule has 0 atom stereocenters. The highest BCUT2D eigenvalue weighted by molar-refractivity contribution is 6.34. The summed E-state index contributed by atoms with van der Waals surface area (Å²) in [7, 11) is 6.27. The van der Waals surface area contributed by atoms with Gasteiger partial charge in [-0.2, -0.15) is 5.10 Å². The molecule has 0 aliphatic heterocycles. The van der Waals surface area contributed by atoms with Gasteiger partial charge in [0.1, 0.15) is 0 Å². The molecule has 1 aromatic heterocycles. The van der Waals surface area contributed by atoms with E-state index < -0.39 is 0 Å². The molecule has 0 saturated carbocycles. The fourth-order valence-electron chi connectivity index (χ4n) is 3.10. The van der Waals surface area contributed by atoms with Crippen molar-refractivity contribution < 1.29 is 0 Å². The number of nitrogens with one attached hydrogen (secondary N) is 2. The average Bonchev–Trinajstić information content (AvgIpc) is 2.69. The minimum absolute atomic E-state index is 0.223. The molecule has 7 heteroatoms. The highest BCUT2D eigenvalue weighted by Gasteiger charge is 2.08. The van der Waals surface area contributed by atoms with Crippen LogP contribution in [0.5, 0.6) is 0 Å². The Labute approximate surface area is 170 Å². The lowest BCUT2D eigenvalue weighted by atomic mass is 10.1. The number of hydrogen-bond donors (Lipinski definition) is 2. The molecule has 6 nitrogen and oxygen atoms in total. The van der Waals surface area contributed by atoms with Crippen LogP contribution in [0.3, 0.4) is 0 Å². The van der Waals surface area contributed by atoms with E-state index >= 15 is 0 Å². The fourth-order valence-corrected chi connectivity index (χ4v) is 3.30. The van der Waals surface area contributed by atoms with Crippen LogP contribution in [0.25, 0.3) is 10.8 Å². The second kappa shape index (κ2) is 9.08. The minimum atomic E-state index is -0.223. The first-order valence-corrected chi connectivity index (χ1v) is 9.69. The van der Waals surface area contributed by atoms with Gasteiger partial charge in [0.15, 0.2) is 5.15 Å². The van der Waals surface area contributed by atoms with Crippen LogP contribution < -0.4 is 15.8 Å². The van der Waals surface area contributed by atoms with E-state index in [4.69, 9.17) is 11.6 Å². The van der Waals surface area contributed by atoms with E-state index in [0.29, 0.717) is 15.9 Å². The van der Waals surface area contributed by atoms with Crippen LogP contribution in [-0.4, -0.2) is 55.9 Å². The molecule has 0 saturated heterocycles. The van der Waals surface area contributed by atoms with Crippen LogP contribution >= 0.6 is 11.6 Å². The second-order valence-corrected chi connectivity index (χ2v) is 7.50. The zero-order chi connectivity index (χ0) is 20.1. The molecule has 2 aromatic carbocycles. The third kappa shape index (κ3) is 4.82. The van der Waals surface area contributed by atoms with Gasteiger partial charge in [-0.1, -0.05) is 29.8 Å². The molecule has 3 aromatic rings. The largest absolute Gasteiger partial charge is 0.383 e. The van der Waals surface area contributed by atoms with E-state index in [2.05, 4.69) is 64.7 Å². The Bertz CT molecular complexity index is 1000. The Balaban J connectivity index is 1.68. The predicted molar refractivity (Wildman–Crippen MR) is 118 cm³/mol. The first-order valence-electron chi connectivity index (χ1n) is 9.31. The summed E-state index contributed by atoms with van der Waals surface area (Å²) in [5.41, 5.74) is 3.17. The number of hydrogen-bond acceptors (Lipinski definition) is 5. The molecule has 0 spiro atoms. The summed E-state index contributed by atoms with van der Waals surface area (Å²) in [6, 6.07) is 14.0. The SMILES string of the molecule is CN(C)CCN(C)c1ccccc1NCCc1ccc2c(=O)[nH]nc(Cl)c2c1. The van der Waals surface area contributed by atoms with E-state index in [0.717, 1.165) is 37.3 Å². The van der Waals surface area contributed by atoms with Gasteiger partial charge in [0, 0.05) is 32.1 Å². The van der Waals surface area contributed by atoms with Gasteiger partial charge in [-0.25, -0.2) is 5.10 Å². The second-order valence-electron chi connectivity index (χ2n) is 7.14. The van der Waals surface area contributed by atoms with E-state index in [-0.39, 0.29) is 5.56 Å². The van der Waals surface area contributed by atoms with Crippen molar-refractivity contribution in [2.75, 3.05) is 51.0 Å². The maximum absolute atomic E-state index is 11.8. The Morgan fingerprint density at radius 3 is 2.64 bits per heavy atom. The number of likely N-dealkylation sites (N-methyl/N-ethyl adjacent to an activating group) is 2. The Morgan fingerprint density at radius 2 is 1.86 bits per heavy atom. The first-order chi connectivity index (χ1) is 13.5. The topological polar surface area (TPSA) is 64.3 Å². The maximum Gasteiger partial charge on any atom is 0.272 e. The minimum Gasteiger partial charge on any atom is -0.383 e. The van der Waals surface area contributed by atoms with Crippen molar-refractivity contribution in [1.29, 1.82) is 0 Å². The zero-order valence-electron chi connectivity index (χ0n) is 16.5. The molecule has 148 valence electrons. The predicted octanol–water partition coefficient (Wildman–Crippen LogP) is 3.23. The molecule has 0 radical (unpaired) electrons. The number of H-pyrrole nitrogens is 1. The molecule has 3 rings (SSSR count). The van der Waals surface area contributed by atoms with Gasteiger partial charge in [0.05, 0.1) is 16.8 Å². The number of benzene rings is 2. The summed E-state index contributed by atoms with van der Waals surface area (Å²) < 4.78 is 0. The average molecular weight is 400 g/mol. The van der Waals surface area contributed by atoms with Crippen molar-refractivity contribution in [2.45, 2.75) is 6.42 Å². The number of aromatic amines is 1. The summed E-state index contributed by atoms with van der Waals surface area (Å²) in [6.07, 6.45) is 0.814. The molecule has 0 aliphatic rings. The summed E-state index contributed by atoms with van der Waals surface area (Å²) in [4.78, 5) is 16.3. The molecular weight excluding hydrogens is 374 g/mol. The quantitative estimate of drug-likeness (QED) is 0.608. The monoisotopic (exact) mass is 399 g/mol. The van der Waals surface area contributed by atoms with E-state index in [1.54, 1.807) is 6.07 Å². The standard InChI is InChI=1S/C21H26ClN5O/c1-26(2)12-13-27(3)19-7-5-4-6-18(19)23-11-10-15-8-9-16-17(14-15)20(22)24-25-21(16)28/h4-9,14,23H,10-13H2,1-3H3,(H,25,28). The highest BCUT2D eigenvalue weighted by Crippen LogP contribution is 2.25. The smallest absolute Gasteiger partial charge is 0.272 e. The number of para-hydroxylation sites is 2.